The Labute approximate surface area is 164 Å². The summed E-state index contributed by atoms with van der Waals surface area (Å²) in [6.45, 7) is 2.28. The molecular weight excluding hydrogens is 511 g/mol. The van der Waals surface area contributed by atoms with E-state index in [9.17, 15) is 4.79 Å². The third-order valence-corrected chi connectivity index (χ3v) is 4.55. The molecule has 0 aliphatic carbocycles. The minimum absolute atomic E-state index is 0. The van der Waals surface area contributed by atoms with Gasteiger partial charge in [-0.25, -0.2) is 0 Å². The van der Waals surface area contributed by atoms with Crippen LogP contribution in [0, 0.1) is 0 Å². The molecule has 0 bridgehead atoms. The summed E-state index contributed by atoms with van der Waals surface area (Å²) in [6, 6.07) is 0. The van der Waals surface area contributed by atoms with Crippen LogP contribution in [0.15, 0.2) is 0 Å². The molecule has 0 saturated heterocycles. The fourth-order valence-corrected chi connectivity index (χ4v) is 2.89. The molecule has 0 saturated carbocycles. The number of rotatable bonds is 16. The van der Waals surface area contributed by atoms with Crippen molar-refractivity contribution < 1.29 is 49.0 Å². The first-order chi connectivity index (χ1) is 10.3. The maximum absolute atomic E-state index is 10.9. The molecule has 0 aromatic carbocycles. The molecule has 2 nitrogen and oxygen atoms in total. The summed E-state index contributed by atoms with van der Waals surface area (Å²) in [7, 11) is 0. The molecular formula is C18H35AuO2Zn. The molecule has 0 aromatic rings. The fourth-order valence-electron chi connectivity index (χ4n) is 2.67. The zero-order chi connectivity index (χ0) is 15.6. The molecule has 0 aliphatic heterocycles. The predicted molar refractivity (Wildman–Crippen MR) is 85.6 cm³/mol. The summed E-state index contributed by atoms with van der Waals surface area (Å²) in [6.07, 6.45) is 20.9. The van der Waals surface area contributed by atoms with Crippen molar-refractivity contribution in [1.29, 1.82) is 0 Å². The molecule has 0 aromatic heterocycles. The van der Waals surface area contributed by atoms with E-state index in [-0.39, 0.29) is 25.4 Å². The Kier molecular flexibility index (Phi) is 24.9. The van der Waals surface area contributed by atoms with Gasteiger partial charge in [0.05, 0.1) is 0 Å². The zero-order valence-corrected chi connectivity index (χ0v) is 19.8. The second-order valence-electron chi connectivity index (χ2n) is 6.13. The molecule has 0 amide bonds. The van der Waals surface area contributed by atoms with Crippen LogP contribution in [0.4, 0.5) is 0 Å². The molecule has 4 heteroatoms. The van der Waals surface area contributed by atoms with Crippen LogP contribution in [-0.2, 0) is 49.0 Å². The number of carbonyl (C=O) groups excluding carboxylic acids is 1. The largest absolute Gasteiger partial charge is 0 e. The molecule has 0 aliphatic rings. The average molecular weight is 546 g/mol. The molecule has 132 valence electrons. The number of unbranched alkanes of at least 4 members (excludes halogenated alkanes) is 14. The molecule has 0 fully saturated rings. The van der Waals surface area contributed by atoms with Crippen molar-refractivity contribution in [3.63, 3.8) is 0 Å². The van der Waals surface area contributed by atoms with E-state index in [1.54, 1.807) is 0 Å². The van der Waals surface area contributed by atoms with Gasteiger partial charge >= 0.3 is 99.7 Å². The van der Waals surface area contributed by atoms with E-state index >= 15 is 0 Å². The molecule has 0 N–H and O–H groups in total. The van der Waals surface area contributed by atoms with E-state index < -0.39 is 0 Å². The first kappa shape index (κ1) is 25.1. The van der Waals surface area contributed by atoms with Gasteiger partial charge in [0.15, 0.2) is 0 Å². The molecule has 0 spiro atoms. The Morgan fingerprint density at radius 3 is 1.32 bits per heavy atom. The smallest absolute Gasteiger partial charge is 0 e. The maximum Gasteiger partial charge on any atom is 0 e. The predicted octanol–water partition coefficient (Wildman–Crippen LogP) is 6.25. The second kappa shape index (κ2) is 21.8. The van der Waals surface area contributed by atoms with E-state index in [0.717, 1.165) is 6.42 Å². The van der Waals surface area contributed by atoms with Crippen molar-refractivity contribution in [2.45, 2.75) is 110 Å². The summed E-state index contributed by atoms with van der Waals surface area (Å²) in [5.41, 5.74) is 0. The second-order valence-corrected chi connectivity index (χ2v) is 6.58. The van der Waals surface area contributed by atoms with Gasteiger partial charge in [-0.15, -0.1) is 0 Å². The molecule has 0 atom stereocenters. The van der Waals surface area contributed by atoms with E-state index in [4.69, 9.17) is 0 Å². The van der Waals surface area contributed by atoms with Gasteiger partial charge in [-0.2, -0.15) is 0 Å². The molecule has 0 unspecified atom stereocenters. The summed E-state index contributed by atoms with van der Waals surface area (Å²) in [5.74, 6) is -0.0898. The molecule has 0 radical (unpaired) electrons. The Hall–Kier alpha value is 0.834. The van der Waals surface area contributed by atoms with Crippen LogP contribution in [0.5, 0.6) is 0 Å². The third kappa shape index (κ3) is 20.8. The van der Waals surface area contributed by atoms with Crippen LogP contribution in [0.1, 0.15) is 110 Å². The van der Waals surface area contributed by atoms with Crippen LogP contribution in [-0.4, -0.2) is 5.97 Å². The van der Waals surface area contributed by atoms with Crippen LogP contribution in [0.2, 0.25) is 0 Å². The minimum atomic E-state index is -0.0898. The van der Waals surface area contributed by atoms with Crippen LogP contribution < -0.4 is 0 Å². The van der Waals surface area contributed by atoms with Gasteiger partial charge in [0.25, 0.3) is 0 Å². The zero-order valence-electron chi connectivity index (χ0n) is 14.6. The Balaban J connectivity index is 0. The van der Waals surface area contributed by atoms with Crippen molar-refractivity contribution in [2.75, 3.05) is 0 Å². The summed E-state index contributed by atoms with van der Waals surface area (Å²) < 4.78 is 4.57. The number of hydrogen-bond donors (Lipinski definition) is 0. The fraction of sp³-hybridized carbons (Fsp3) is 0.944. The van der Waals surface area contributed by atoms with Crippen LogP contribution in [0.3, 0.4) is 0 Å². The third-order valence-electron chi connectivity index (χ3n) is 4.05. The monoisotopic (exact) mass is 544 g/mol. The van der Waals surface area contributed by atoms with Gasteiger partial charge < -0.3 is 0 Å². The molecule has 0 rings (SSSR count). The summed E-state index contributed by atoms with van der Waals surface area (Å²) in [5, 5.41) is 0. The Bertz CT molecular complexity index is 225. The van der Waals surface area contributed by atoms with E-state index in [1.807, 2.05) is 21.5 Å². The Morgan fingerprint density at radius 2 is 1.00 bits per heavy atom. The minimum Gasteiger partial charge on any atom is 0 e. The van der Waals surface area contributed by atoms with Crippen molar-refractivity contribution in [2.24, 2.45) is 0 Å². The molecule has 0 heterocycles. The topological polar surface area (TPSA) is 26.3 Å². The maximum atomic E-state index is 10.9. The summed E-state index contributed by atoms with van der Waals surface area (Å²) >= 11 is 1.83. The van der Waals surface area contributed by atoms with Gasteiger partial charge in [-0.05, 0) is 0 Å². The summed E-state index contributed by atoms with van der Waals surface area (Å²) in [4.78, 5) is 10.9. The van der Waals surface area contributed by atoms with Crippen LogP contribution in [0.25, 0.3) is 0 Å². The quantitative estimate of drug-likeness (QED) is 0.169. The van der Waals surface area contributed by atoms with Crippen LogP contribution >= 0.6 is 0 Å². The van der Waals surface area contributed by atoms with Crippen molar-refractivity contribution in [3.8, 4) is 0 Å². The van der Waals surface area contributed by atoms with E-state index in [0.29, 0.717) is 6.42 Å². The normalized spacial score (nSPS) is 10.3. The number of hydrogen-bond acceptors (Lipinski definition) is 2. The van der Waals surface area contributed by atoms with Gasteiger partial charge in [-0.1, -0.05) is 45.4 Å². The van der Waals surface area contributed by atoms with Gasteiger partial charge in [0.2, 0.25) is 0 Å². The molecule has 22 heavy (non-hydrogen) atoms. The Morgan fingerprint density at radius 1 is 0.682 bits per heavy atom. The van der Waals surface area contributed by atoms with E-state index in [2.05, 4.69) is 10.2 Å². The van der Waals surface area contributed by atoms with E-state index in [1.165, 1.54) is 89.9 Å². The van der Waals surface area contributed by atoms with Gasteiger partial charge in [0, 0.05) is 19.5 Å². The van der Waals surface area contributed by atoms with Crippen molar-refractivity contribution >= 4 is 5.97 Å². The van der Waals surface area contributed by atoms with Gasteiger partial charge in [-0.3, -0.25) is 0 Å². The van der Waals surface area contributed by atoms with Crippen molar-refractivity contribution in [3.05, 3.63) is 0 Å². The van der Waals surface area contributed by atoms with Crippen molar-refractivity contribution in [1.82, 2.24) is 0 Å². The first-order valence-electron chi connectivity index (χ1n) is 9.09. The first-order valence-corrected chi connectivity index (χ1v) is 9.98. The van der Waals surface area contributed by atoms with Gasteiger partial charge in [0.1, 0.15) is 0 Å². The standard InChI is InChI=1S/C18H36O2.Au.Zn/c1-2-3-4-5-6-7-8-9-10-11-12-13-14-15-16-17-18(19)20;;/h2-17H2,1H3,(H,19,20);;/q;+1;/p-1. The average Bonchev–Trinajstić information content (AvgIpc) is 2.50. The SMILES string of the molecule is CCCCCCCCCCCCCCCCCC(=O)[O][Au].[Zn]. The number of carbonyl (C=O) groups is 1.